The number of likely N-dealkylation sites (N-methyl/N-ethyl adjacent to an activating group) is 2. The topological polar surface area (TPSA) is 89.3 Å². The highest BCUT2D eigenvalue weighted by atomic mass is 32.2. The Balaban J connectivity index is 2.10. The summed E-state index contributed by atoms with van der Waals surface area (Å²) >= 11 is 0. The van der Waals surface area contributed by atoms with Crippen LogP contribution in [0.5, 0.6) is 0 Å². The fourth-order valence-corrected chi connectivity index (χ4v) is 3.47. The van der Waals surface area contributed by atoms with Crippen molar-refractivity contribution >= 4 is 10.0 Å². The van der Waals surface area contributed by atoms with Gasteiger partial charge >= 0.3 is 0 Å². The van der Waals surface area contributed by atoms with Gasteiger partial charge in [0.2, 0.25) is 10.0 Å². The van der Waals surface area contributed by atoms with Crippen LogP contribution in [0.3, 0.4) is 0 Å². The molecule has 2 rings (SSSR count). The minimum absolute atomic E-state index is 0.0701. The van der Waals surface area contributed by atoms with Crippen molar-refractivity contribution in [2.75, 3.05) is 40.3 Å². The van der Waals surface area contributed by atoms with E-state index in [9.17, 15) is 8.42 Å². The minimum Gasteiger partial charge on any atom is -0.303 e. The van der Waals surface area contributed by atoms with Crippen molar-refractivity contribution < 1.29 is 8.42 Å². The SMILES string of the molecule is CN1CCN(C)C(CNS(=O)(=O)c2cccnc2C#N)C1. The van der Waals surface area contributed by atoms with E-state index in [1.165, 1.54) is 18.3 Å². The first-order valence-electron chi connectivity index (χ1n) is 6.67. The summed E-state index contributed by atoms with van der Waals surface area (Å²) < 4.78 is 27.2. The molecule has 1 aliphatic rings. The highest BCUT2D eigenvalue weighted by molar-refractivity contribution is 7.89. The summed E-state index contributed by atoms with van der Waals surface area (Å²) in [5, 5.41) is 8.96. The van der Waals surface area contributed by atoms with E-state index in [2.05, 4.69) is 19.5 Å². The summed E-state index contributed by atoms with van der Waals surface area (Å²) in [4.78, 5) is 8.02. The lowest BCUT2D eigenvalue weighted by atomic mass is 10.2. The van der Waals surface area contributed by atoms with Gasteiger partial charge in [0, 0.05) is 38.4 Å². The zero-order valence-electron chi connectivity index (χ0n) is 12.2. The summed E-state index contributed by atoms with van der Waals surface area (Å²) in [5.74, 6) is 0. The highest BCUT2D eigenvalue weighted by Gasteiger charge is 2.25. The van der Waals surface area contributed by atoms with Gasteiger partial charge in [0.25, 0.3) is 0 Å². The summed E-state index contributed by atoms with van der Waals surface area (Å²) in [7, 11) is 0.277. The van der Waals surface area contributed by atoms with Crippen molar-refractivity contribution in [2.45, 2.75) is 10.9 Å². The molecule has 0 amide bonds. The Morgan fingerprint density at radius 1 is 1.48 bits per heavy atom. The van der Waals surface area contributed by atoms with Gasteiger partial charge in [-0.1, -0.05) is 0 Å². The molecular weight excluding hydrogens is 290 g/mol. The summed E-state index contributed by atoms with van der Waals surface area (Å²) in [6, 6.07) is 4.82. The molecule has 1 atom stereocenters. The van der Waals surface area contributed by atoms with Crippen LogP contribution in [-0.2, 0) is 10.0 Å². The van der Waals surface area contributed by atoms with Crippen LogP contribution >= 0.6 is 0 Å². The van der Waals surface area contributed by atoms with E-state index in [0.29, 0.717) is 6.54 Å². The number of sulfonamides is 1. The molecule has 1 aromatic rings. The van der Waals surface area contributed by atoms with Crippen LogP contribution in [0.2, 0.25) is 0 Å². The van der Waals surface area contributed by atoms with Gasteiger partial charge in [0.15, 0.2) is 5.69 Å². The predicted molar refractivity (Wildman–Crippen MR) is 78.1 cm³/mol. The third-order valence-electron chi connectivity index (χ3n) is 3.66. The first-order chi connectivity index (χ1) is 9.94. The molecule has 2 heterocycles. The third kappa shape index (κ3) is 3.77. The van der Waals surface area contributed by atoms with Gasteiger partial charge < -0.3 is 4.90 Å². The van der Waals surface area contributed by atoms with E-state index in [4.69, 9.17) is 5.26 Å². The van der Waals surface area contributed by atoms with E-state index in [-0.39, 0.29) is 16.6 Å². The molecule has 0 radical (unpaired) electrons. The molecule has 1 fully saturated rings. The molecule has 1 aliphatic heterocycles. The molecule has 0 bridgehead atoms. The van der Waals surface area contributed by atoms with Crippen LogP contribution in [0, 0.1) is 11.3 Å². The molecule has 0 aromatic carbocycles. The van der Waals surface area contributed by atoms with E-state index in [1.807, 2.05) is 14.1 Å². The van der Waals surface area contributed by atoms with Crippen LogP contribution in [0.15, 0.2) is 23.2 Å². The van der Waals surface area contributed by atoms with Crippen molar-refractivity contribution in [1.29, 1.82) is 5.26 Å². The summed E-state index contributed by atoms with van der Waals surface area (Å²) in [6.07, 6.45) is 1.40. The van der Waals surface area contributed by atoms with Crippen molar-refractivity contribution in [2.24, 2.45) is 0 Å². The zero-order chi connectivity index (χ0) is 15.5. The molecule has 1 saturated heterocycles. The van der Waals surface area contributed by atoms with Crippen molar-refractivity contribution in [3.8, 4) is 6.07 Å². The van der Waals surface area contributed by atoms with E-state index < -0.39 is 10.0 Å². The Kier molecular flexibility index (Phi) is 4.90. The summed E-state index contributed by atoms with van der Waals surface area (Å²) in [6.45, 7) is 2.99. The maximum Gasteiger partial charge on any atom is 0.243 e. The fourth-order valence-electron chi connectivity index (χ4n) is 2.30. The average molecular weight is 309 g/mol. The van der Waals surface area contributed by atoms with Crippen molar-refractivity contribution in [3.63, 3.8) is 0 Å². The smallest absolute Gasteiger partial charge is 0.243 e. The maximum atomic E-state index is 12.3. The lowest BCUT2D eigenvalue weighted by Gasteiger charge is -2.37. The molecule has 0 aliphatic carbocycles. The Bertz CT molecular complexity index is 640. The summed E-state index contributed by atoms with van der Waals surface area (Å²) in [5.41, 5.74) is -0.0842. The quantitative estimate of drug-likeness (QED) is 0.805. The number of rotatable bonds is 4. The first kappa shape index (κ1) is 15.9. The van der Waals surface area contributed by atoms with Crippen molar-refractivity contribution in [1.82, 2.24) is 19.5 Å². The lowest BCUT2D eigenvalue weighted by molar-refractivity contribution is 0.117. The number of nitrogens with zero attached hydrogens (tertiary/aromatic N) is 4. The molecule has 1 N–H and O–H groups in total. The molecule has 7 nitrogen and oxygen atoms in total. The predicted octanol–water partition coefficient (Wildman–Crippen LogP) is -0.523. The number of hydrogen-bond donors (Lipinski definition) is 1. The van der Waals surface area contributed by atoms with E-state index >= 15 is 0 Å². The number of nitrogens with one attached hydrogen (secondary N) is 1. The second-order valence-electron chi connectivity index (χ2n) is 5.21. The van der Waals surface area contributed by atoms with Gasteiger partial charge in [0.05, 0.1) is 0 Å². The minimum atomic E-state index is -3.72. The molecular formula is C13H19N5O2S. The molecule has 21 heavy (non-hydrogen) atoms. The molecule has 8 heteroatoms. The number of aromatic nitrogens is 1. The Morgan fingerprint density at radius 3 is 2.95 bits per heavy atom. The Morgan fingerprint density at radius 2 is 2.24 bits per heavy atom. The normalized spacial score (nSPS) is 21.1. The van der Waals surface area contributed by atoms with Crippen molar-refractivity contribution in [3.05, 3.63) is 24.0 Å². The largest absolute Gasteiger partial charge is 0.303 e. The number of nitriles is 1. The second kappa shape index (κ2) is 6.49. The van der Waals surface area contributed by atoms with Crippen LogP contribution in [0.25, 0.3) is 0 Å². The maximum absolute atomic E-state index is 12.3. The molecule has 0 saturated carbocycles. The van der Waals surface area contributed by atoms with Crippen LogP contribution < -0.4 is 4.72 Å². The number of piperazine rings is 1. The third-order valence-corrected chi connectivity index (χ3v) is 5.11. The Labute approximate surface area is 125 Å². The molecule has 0 spiro atoms. The van der Waals surface area contributed by atoms with Gasteiger partial charge in [0.1, 0.15) is 11.0 Å². The lowest BCUT2D eigenvalue weighted by Crippen LogP contribution is -2.54. The van der Waals surface area contributed by atoms with Gasteiger partial charge in [-0.15, -0.1) is 0 Å². The average Bonchev–Trinajstić information content (AvgIpc) is 2.48. The standard InChI is InChI=1S/C13H19N5O2S/c1-17-6-7-18(2)11(10-17)9-16-21(19,20)13-4-3-5-15-12(13)8-14/h3-5,11,16H,6-7,9-10H2,1-2H3. The zero-order valence-corrected chi connectivity index (χ0v) is 13.0. The molecule has 114 valence electrons. The van der Waals surface area contributed by atoms with Gasteiger partial charge in [-0.05, 0) is 26.2 Å². The van der Waals surface area contributed by atoms with Gasteiger partial charge in [-0.2, -0.15) is 5.26 Å². The van der Waals surface area contributed by atoms with E-state index in [1.54, 1.807) is 6.07 Å². The van der Waals surface area contributed by atoms with Crippen LogP contribution in [0.4, 0.5) is 0 Å². The van der Waals surface area contributed by atoms with Crippen LogP contribution in [-0.4, -0.2) is 69.5 Å². The van der Waals surface area contributed by atoms with Gasteiger partial charge in [-0.25, -0.2) is 18.1 Å². The molecule has 1 unspecified atom stereocenters. The van der Waals surface area contributed by atoms with Crippen LogP contribution in [0.1, 0.15) is 5.69 Å². The monoisotopic (exact) mass is 309 g/mol. The second-order valence-corrected chi connectivity index (χ2v) is 6.95. The molecule has 1 aromatic heterocycles. The first-order valence-corrected chi connectivity index (χ1v) is 8.16. The fraction of sp³-hybridized carbons (Fsp3) is 0.538. The van der Waals surface area contributed by atoms with E-state index in [0.717, 1.165) is 19.6 Å². The highest BCUT2D eigenvalue weighted by Crippen LogP contribution is 2.12. The number of pyridine rings is 1. The number of hydrogen-bond acceptors (Lipinski definition) is 6. The van der Waals surface area contributed by atoms with Gasteiger partial charge in [-0.3, -0.25) is 4.90 Å². The Hall–Kier alpha value is -1.53.